The molecule has 1 amide bonds. The zero-order valence-electron chi connectivity index (χ0n) is 28.3. The Morgan fingerprint density at radius 3 is 2.19 bits per heavy atom. The fourth-order valence-electron chi connectivity index (χ4n) is 6.16. The molecule has 4 aromatic carbocycles. The van der Waals surface area contributed by atoms with E-state index < -0.39 is 18.4 Å². The van der Waals surface area contributed by atoms with Crippen LogP contribution in [0.15, 0.2) is 103 Å². The third-order valence-corrected chi connectivity index (χ3v) is 9.21. The van der Waals surface area contributed by atoms with Gasteiger partial charge in [0.1, 0.15) is 0 Å². The quantitative estimate of drug-likeness (QED) is 0.161. The van der Waals surface area contributed by atoms with Gasteiger partial charge in [-0.15, -0.1) is 0 Å². The van der Waals surface area contributed by atoms with Crippen molar-refractivity contribution < 1.29 is 28.9 Å². The highest BCUT2D eigenvalue weighted by atomic mass is 16.7. The number of hydrogen-bond acceptors (Lipinski definition) is 7. The molecular weight excluding hydrogens is 604 g/mol. The number of carbonyl (C=O) groups is 2. The van der Waals surface area contributed by atoms with Crippen molar-refractivity contribution in [2.45, 2.75) is 71.5 Å². The number of benzene rings is 4. The lowest BCUT2D eigenvalue weighted by atomic mass is 9.89. The number of rotatable bonds is 12. The van der Waals surface area contributed by atoms with Crippen LogP contribution in [0.1, 0.15) is 73.9 Å². The van der Waals surface area contributed by atoms with Crippen molar-refractivity contribution in [3.63, 3.8) is 0 Å². The van der Waals surface area contributed by atoms with Gasteiger partial charge >= 0.3 is 5.97 Å². The topological polar surface area (TPSA) is 97.3 Å². The van der Waals surface area contributed by atoms with Crippen molar-refractivity contribution >= 4 is 11.9 Å². The Labute approximate surface area is 283 Å². The number of aliphatic hydroxyl groups excluding tert-OH is 1. The first kappa shape index (κ1) is 35.0. The van der Waals surface area contributed by atoms with Crippen molar-refractivity contribution in [3.8, 4) is 11.1 Å². The maximum absolute atomic E-state index is 12.5. The Kier molecular flexibility index (Phi) is 11.8. The normalized spacial score (nSPS) is 20.6. The molecule has 0 spiro atoms. The van der Waals surface area contributed by atoms with E-state index >= 15 is 0 Å². The minimum absolute atomic E-state index is 0.00681. The van der Waals surface area contributed by atoms with Crippen LogP contribution in [0, 0.1) is 5.92 Å². The average Bonchev–Trinajstić information content (AvgIpc) is 3.11. The van der Waals surface area contributed by atoms with Gasteiger partial charge in [0.2, 0.25) is 0 Å². The molecule has 0 aliphatic carbocycles. The fraction of sp³-hybridized carbons (Fsp3) is 0.350. The number of carbonyl (C=O) groups excluding carboxylic acids is 2. The van der Waals surface area contributed by atoms with Crippen molar-refractivity contribution in [1.29, 1.82) is 0 Å². The summed E-state index contributed by atoms with van der Waals surface area (Å²) >= 11 is 0. The summed E-state index contributed by atoms with van der Waals surface area (Å²) in [5.74, 6) is -0.781. The van der Waals surface area contributed by atoms with Crippen LogP contribution in [0.2, 0.25) is 0 Å². The lowest BCUT2D eigenvalue weighted by Gasteiger charge is -2.43. The van der Waals surface area contributed by atoms with Gasteiger partial charge in [0.25, 0.3) is 5.91 Å². The van der Waals surface area contributed by atoms with E-state index in [9.17, 15) is 14.7 Å². The van der Waals surface area contributed by atoms with Crippen LogP contribution >= 0.6 is 0 Å². The lowest BCUT2D eigenvalue weighted by Crippen LogP contribution is -2.44. The number of likely N-dealkylation sites (N-methyl/N-ethyl adjacent to an activating group) is 1. The van der Waals surface area contributed by atoms with Crippen molar-refractivity contribution in [3.05, 3.63) is 131 Å². The molecule has 252 valence electrons. The van der Waals surface area contributed by atoms with Crippen molar-refractivity contribution in [1.82, 2.24) is 10.2 Å². The minimum atomic E-state index is -0.867. The van der Waals surface area contributed by atoms with Crippen LogP contribution in [-0.4, -0.2) is 47.7 Å². The highest BCUT2D eigenvalue weighted by Crippen LogP contribution is 2.42. The summed E-state index contributed by atoms with van der Waals surface area (Å²) in [4.78, 5) is 26.1. The highest BCUT2D eigenvalue weighted by molar-refractivity contribution is 5.83. The highest BCUT2D eigenvalue weighted by Gasteiger charge is 2.39. The van der Waals surface area contributed by atoms with Gasteiger partial charge < -0.3 is 24.6 Å². The molecule has 1 saturated heterocycles. The van der Waals surface area contributed by atoms with E-state index in [1.165, 1.54) is 12.5 Å². The van der Waals surface area contributed by atoms with Gasteiger partial charge in [0.05, 0.1) is 18.8 Å². The van der Waals surface area contributed by atoms with E-state index in [2.05, 4.69) is 55.4 Å². The summed E-state index contributed by atoms with van der Waals surface area (Å²) in [5.41, 5.74) is 6.98. The third-order valence-electron chi connectivity index (χ3n) is 9.21. The largest absolute Gasteiger partial charge is 0.453 e. The van der Waals surface area contributed by atoms with Crippen LogP contribution < -0.4 is 5.32 Å². The number of aliphatic hydroxyl groups is 1. The monoisotopic (exact) mass is 650 g/mol. The van der Waals surface area contributed by atoms with Crippen molar-refractivity contribution in [2.75, 3.05) is 13.6 Å². The van der Waals surface area contributed by atoms with E-state index in [0.717, 1.165) is 39.9 Å². The molecule has 5 rings (SSSR count). The van der Waals surface area contributed by atoms with Crippen LogP contribution in [0.5, 0.6) is 0 Å². The zero-order chi connectivity index (χ0) is 34.2. The minimum Gasteiger partial charge on any atom is -0.453 e. The van der Waals surface area contributed by atoms with E-state index in [0.29, 0.717) is 6.54 Å². The summed E-state index contributed by atoms with van der Waals surface area (Å²) < 4.78 is 18.4. The van der Waals surface area contributed by atoms with Crippen LogP contribution in [0.25, 0.3) is 11.1 Å². The second-order valence-corrected chi connectivity index (χ2v) is 12.6. The summed E-state index contributed by atoms with van der Waals surface area (Å²) in [6.07, 6.45) is -1.77. The van der Waals surface area contributed by atoms with Gasteiger partial charge in [-0.1, -0.05) is 110 Å². The molecule has 1 aliphatic rings. The van der Waals surface area contributed by atoms with Gasteiger partial charge in [-0.05, 0) is 54.3 Å². The molecule has 0 aromatic heterocycles. The number of esters is 1. The first-order valence-electron chi connectivity index (χ1n) is 16.5. The SMILES string of the molecule is CC(=O)OC(C)C(=O)NCc1ccccc1-c1ccc(C2OC(CN(C)C(C)c3ccccc3)C(C)C(c3ccc(CO)cc3)O2)cc1. The standard InChI is InChI=1S/C40H46N2O6/c1-26-37(24-42(5)27(2)31-11-7-6-8-12-31)47-40(48-38(26)33-17-15-30(25-43)16-18-33)34-21-19-32(20-22-34)36-14-10-9-13-35(36)23-41-39(45)28(3)46-29(4)44/h6-22,26-28,37-38,40,43H,23-25H2,1-5H3,(H,41,45). The van der Waals surface area contributed by atoms with E-state index in [1.807, 2.05) is 78.9 Å². The average molecular weight is 651 g/mol. The lowest BCUT2D eigenvalue weighted by molar-refractivity contribution is -0.276. The molecule has 8 heteroatoms. The Bertz CT molecular complexity index is 1640. The van der Waals surface area contributed by atoms with Gasteiger partial charge in [0, 0.05) is 37.5 Å². The Balaban J connectivity index is 1.36. The van der Waals surface area contributed by atoms with E-state index in [-0.39, 0.29) is 36.7 Å². The third kappa shape index (κ3) is 8.57. The molecule has 1 fully saturated rings. The molecule has 0 radical (unpaired) electrons. The number of nitrogens with one attached hydrogen (secondary N) is 1. The predicted octanol–water partition coefficient (Wildman–Crippen LogP) is 6.90. The molecule has 0 saturated carbocycles. The summed E-state index contributed by atoms with van der Waals surface area (Å²) in [6, 6.07) is 34.7. The maximum Gasteiger partial charge on any atom is 0.303 e. The molecule has 1 aliphatic heterocycles. The van der Waals surface area contributed by atoms with Gasteiger partial charge in [-0.3, -0.25) is 14.5 Å². The molecule has 4 aromatic rings. The summed E-state index contributed by atoms with van der Waals surface area (Å²) in [6.45, 7) is 8.24. The van der Waals surface area contributed by atoms with Gasteiger partial charge in [0.15, 0.2) is 12.4 Å². The van der Waals surface area contributed by atoms with E-state index in [1.54, 1.807) is 6.92 Å². The number of ether oxygens (including phenoxy) is 3. The smallest absolute Gasteiger partial charge is 0.303 e. The number of hydrogen-bond donors (Lipinski definition) is 2. The molecule has 8 nitrogen and oxygen atoms in total. The van der Waals surface area contributed by atoms with Crippen LogP contribution in [0.4, 0.5) is 0 Å². The fourth-order valence-corrected chi connectivity index (χ4v) is 6.16. The maximum atomic E-state index is 12.5. The molecule has 0 bridgehead atoms. The Hall–Kier alpha value is -4.34. The number of nitrogens with zero attached hydrogens (tertiary/aromatic N) is 1. The van der Waals surface area contributed by atoms with E-state index in [4.69, 9.17) is 14.2 Å². The number of amides is 1. The molecule has 1 heterocycles. The zero-order valence-corrected chi connectivity index (χ0v) is 28.3. The molecular formula is C40H46N2O6. The van der Waals surface area contributed by atoms with Gasteiger partial charge in [-0.25, -0.2) is 0 Å². The second kappa shape index (κ2) is 16.2. The molecule has 48 heavy (non-hydrogen) atoms. The molecule has 6 unspecified atom stereocenters. The Morgan fingerprint density at radius 2 is 1.52 bits per heavy atom. The van der Waals surface area contributed by atoms with Crippen molar-refractivity contribution in [2.24, 2.45) is 5.92 Å². The predicted molar refractivity (Wildman–Crippen MR) is 185 cm³/mol. The summed E-state index contributed by atoms with van der Waals surface area (Å²) in [7, 11) is 2.13. The van der Waals surface area contributed by atoms with Gasteiger partial charge in [-0.2, -0.15) is 0 Å². The second-order valence-electron chi connectivity index (χ2n) is 12.6. The van der Waals surface area contributed by atoms with Crippen LogP contribution in [-0.2, 0) is 37.0 Å². The Morgan fingerprint density at radius 1 is 0.875 bits per heavy atom. The molecule has 6 atom stereocenters. The molecule has 2 N–H and O–H groups in total. The first-order valence-corrected chi connectivity index (χ1v) is 16.5. The van der Waals surface area contributed by atoms with Crippen LogP contribution in [0.3, 0.4) is 0 Å². The summed E-state index contributed by atoms with van der Waals surface area (Å²) in [5, 5.41) is 12.5. The first-order chi connectivity index (χ1) is 23.1.